The summed E-state index contributed by atoms with van der Waals surface area (Å²) in [5.41, 5.74) is 0. The zero-order valence-corrected chi connectivity index (χ0v) is 15.3. The summed E-state index contributed by atoms with van der Waals surface area (Å²) in [5, 5.41) is 14.3. The second-order valence-corrected chi connectivity index (χ2v) is 6.40. The van der Waals surface area contributed by atoms with Crippen LogP contribution >= 0.6 is 0 Å². The summed E-state index contributed by atoms with van der Waals surface area (Å²) in [6, 6.07) is 0. The molecule has 1 atom stereocenters. The number of aromatic nitrogens is 3. The number of nitrogens with zero attached hydrogens (tertiary/aromatic N) is 4. The highest BCUT2D eigenvalue weighted by molar-refractivity contribution is 5.79. The number of ether oxygens (including phenoxy) is 1. The normalized spacial score (nSPS) is 18.3. The van der Waals surface area contributed by atoms with Gasteiger partial charge in [0.05, 0.1) is 6.10 Å². The van der Waals surface area contributed by atoms with Crippen molar-refractivity contribution >= 4 is 5.96 Å². The molecule has 0 saturated carbocycles. The molecule has 2 N–H and O–H groups in total. The van der Waals surface area contributed by atoms with E-state index in [4.69, 9.17) is 4.74 Å². The largest absolute Gasteiger partial charge is 0.389 e. The molecule has 1 unspecified atom stereocenters. The van der Waals surface area contributed by atoms with E-state index >= 15 is 0 Å². The molecule has 10 heteroatoms. The van der Waals surface area contributed by atoms with Gasteiger partial charge in [0.1, 0.15) is 12.4 Å². The number of hydrogen-bond acceptors (Lipinski definition) is 4. The number of halogens is 3. The van der Waals surface area contributed by atoms with Gasteiger partial charge in [-0.2, -0.15) is 13.2 Å². The van der Waals surface area contributed by atoms with Crippen LogP contribution in [0, 0.1) is 6.92 Å². The molecule has 0 bridgehead atoms. The summed E-state index contributed by atoms with van der Waals surface area (Å²) in [7, 11) is 1.87. The smallest absolute Gasteiger partial charge is 0.376 e. The van der Waals surface area contributed by atoms with Gasteiger partial charge in [0, 0.05) is 33.2 Å². The standard InChI is InChI=1S/C16H27F3N6O/c1-12-23-24-14(25(12)2)11-22-15(21-10-13-6-5-9-26-13)20-8-4-3-7-16(17,18)19/h13H,3-11H2,1-2H3,(H2,20,21,22). The Bertz CT molecular complexity index is 581. The molecule has 0 spiro atoms. The minimum Gasteiger partial charge on any atom is -0.376 e. The van der Waals surface area contributed by atoms with E-state index in [0.717, 1.165) is 31.1 Å². The van der Waals surface area contributed by atoms with Crippen molar-refractivity contribution in [1.82, 2.24) is 25.4 Å². The lowest BCUT2D eigenvalue weighted by atomic mass is 10.2. The molecule has 26 heavy (non-hydrogen) atoms. The summed E-state index contributed by atoms with van der Waals surface area (Å²) < 4.78 is 44.0. The van der Waals surface area contributed by atoms with Gasteiger partial charge < -0.3 is 19.9 Å². The molecule has 0 aliphatic carbocycles. The summed E-state index contributed by atoms with van der Waals surface area (Å²) in [4.78, 5) is 4.47. The number of guanidine groups is 1. The number of unbranched alkanes of at least 4 members (excludes halogenated alkanes) is 1. The molecule has 1 aliphatic rings. The summed E-state index contributed by atoms with van der Waals surface area (Å²) >= 11 is 0. The average molecular weight is 376 g/mol. The third-order valence-electron chi connectivity index (χ3n) is 4.26. The van der Waals surface area contributed by atoms with Gasteiger partial charge in [-0.25, -0.2) is 4.99 Å². The van der Waals surface area contributed by atoms with Gasteiger partial charge in [-0.05, 0) is 32.6 Å². The van der Waals surface area contributed by atoms with E-state index in [1.165, 1.54) is 0 Å². The lowest BCUT2D eigenvalue weighted by Gasteiger charge is -2.15. The lowest BCUT2D eigenvalue weighted by molar-refractivity contribution is -0.135. The van der Waals surface area contributed by atoms with Crippen molar-refractivity contribution in [3.8, 4) is 0 Å². The fraction of sp³-hybridized carbons (Fsp3) is 0.812. The van der Waals surface area contributed by atoms with Gasteiger partial charge in [-0.1, -0.05) is 0 Å². The van der Waals surface area contributed by atoms with Gasteiger partial charge in [-0.3, -0.25) is 0 Å². The molecule has 148 valence electrons. The molecule has 1 aromatic heterocycles. The third kappa shape index (κ3) is 7.19. The van der Waals surface area contributed by atoms with Gasteiger partial charge in [-0.15, -0.1) is 10.2 Å². The number of hydrogen-bond donors (Lipinski definition) is 2. The van der Waals surface area contributed by atoms with Crippen LogP contribution in [0.1, 0.15) is 43.8 Å². The lowest BCUT2D eigenvalue weighted by Crippen LogP contribution is -2.41. The first kappa shape index (κ1) is 20.5. The van der Waals surface area contributed by atoms with E-state index in [9.17, 15) is 13.2 Å². The zero-order valence-electron chi connectivity index (χ0n) is 15.3. The molecule has 1 fully saturated rings. The Morgan fingerprint density at radius 3 is 2.73 bits per heavy atom. The van der Waals surface area contributed by atoms with Crippen molar-refractivity contribution < 1.29 is 17.9 Å². The van der Waals surface area contributed by atoms with Crippen LogP contribution in [0.3, 0.4) is 0 Å². The van der Waals surface area contributed by atoms with Crippen LogP contribution in [0.2, 0.25) is 0 Å². The molecule has 0 aromatic carbocycles. The van der Waals surface area contributed by atoms with Crippen LogP contribution in [0.15, 0.2) is 4.99 Å². The van der Waals surface area contributed by atoms with E-state index < -0.39 is 12.6 Å². The second-order valence-electron chi connectivity index (χ2n) is 6.40. The van der Waals surface area contributed by atoms with Crippen molar-refractivity contribution in [3.05, 3.63) is 11.6 Å². The van der Waals surface area contributed by atoms with Crippen molar-refractivity contribution in [2.45, 2.75) is 57.9 Å². The van der Waals surface area contributed by atoms with Gasteiger partial charge in [0.2, 0.25) is 0 Å². The minimum absolute atomic E-state index is 0.0952. The Kier molecular flexibility index (Phi) is 7.67. The monoisotopic (exact) mass is 376 g/mol. The predicted octanol–water partition coefficient (Wildman–Crippen LogP) is 2.07. The number of aliphatic imine (C=N–C) groups is 1. The summed E-state index contributed by atoms with van der Waals surface area (Å²) in [5.74, 6) is 2.06. The molecular formula is C16H27F3N6O. The first-order chi connectivity index (χ1) is 12.3. The Hall–Kier alpha value is -1.84. The minimum atomic E-state index is -4.10. The second kappa shape index (κ2) is 9.75. The van der Waals surface area contributed by atoms with Crippen LogP contribution < -0.4 is 10.6 Å². The molecule has 2 heterocycles. The van der Waals surface area contributed by atoms with Crippen LogP contribution in [0.25, 0.3) is 0 Å². The zero-order chi connectivity index (χ0) is 19.0. The van der Waals surface area contributed by atoms with Crippen LogP contribution in [0.4, 0.5) is 13.2 Å². The molecule has 1 aliphatic heterocycles. The average Bonchev–Trinajstić information content (AvgIpc) is 3.20. The Labute approximate surface area is 151 Å². The SMILES string of the molecule is Cc1nnc(CN=C(NCCCCC(F)(F)F)NCC2CCCO2)n1C. The molecule has 1 saturated heterocycles. The fourth-order valence-electron chi connectivity index (χ4n) is 2.59. The van der Waals surface area contributed by atoms with Crippen molar-refractivity contribution in [3.63, 3.8) is 0 Å². The first-order valence-corrected chi connectivity index (χ1v) is 8.90. The van der Waals surface area contributed by atoms with Crippen molar-refractivity contribution in [2.75, 3.05) is 19.7 Å². The number of rotatable bonds is 8. The number of aryl methyl sites for hydroxylation is 1. The van der Waals surface area contributed by atoms with Crippen molar-refractivity contribution in [1.29, 1.82) is 0 Å². The molecule has 1 aromatic rings. The maximum atomic E-state index is 12.2. The van der Waals surface area contributed by atoms with Gasteiger partial charge in [0.15, 0.2) is 11.8 Å². The van der Waals surface area contributed by atoms with Gasteiger partial charge >= 0.3 is 6.18 Å². The highest BCUT2D eigenvalue weighted by Crippen LogP contribution is 2.21. The van der Waals surface area contributed by atoms with Crippen molar-refractivity contribution in [2.24, 2.45) is 12.0 Å². The van der Waals surface area contributed by atoms with E-state index in [-0.39, 0.29) is 12.5 Å². The highest BCUT2D eigenvalue weighted by Gasteiger charge is 2.25. The predicted molar refractivity (Wildman–Crippen MR) is 91.8 cm³/mol. The molecule has 0 radical (unpaired) electrons. The number of nitrogens with one attached hydrogen (secondary N) is 2. The summed E-state index contributed by atoms with van der Waals surface area (Å²) in [6.45, 7) is 4.00. The van der Waals surface area contributed by atoms with E-state index in [1.54, 1.807) is 0 Å². The third-order valence-corrected chi connectivity index (χ3v) is 4.26. The Morgan fingerprint density at radius 1 is 1.31 bits per heavy atom. The Balaban J connectivity index is 1.83. The first-order valence-electron chi connectivity index (χ1n) is 8.90. The van der Waals surface area contributed by atoms with Crippen LogP contribution in [0.5, 0.6) is 0 Å². The van der Waals surface area contributed by atoms with Crippen LogP contribution in [-0.4, -0.2) is 52.7 Å². The quantitative estimate of drug-likeness (QED) is 0.413. The number of alkyl halides is 3. The topological polar surface area (TPSA) is 76.4 Å². The molecule has 7 nitrogen and oxygen atoms in total. The fourth-order valence-corrected chi connectivity index (χ4v) is 2.59. The van der Waals surface area contributed by atoms with E-state index in [0.29, 0.717) is 32.0 Å². The highest BCUT2D eigenvalue weighted by atomic mass is 19.4. The van der Waals surface area contributed by atoms with E-state index in [2.05, 4.69) is 25.8 Å². The summed E-state index contributed by atoms with van der Waals surface area (Å²) in [6.07, 6.45) is -2.16. The maximum absolute atomic E-state index is 12.2. The molecule has 2 rings (SSSR count). The molecular weight excluding hydrogens is 349 g/mol. The molecule has 0 amide bonds. The maximum Gasteiger partial charge on any atom is 0.389 e. The van der Waals surface area contributed by atoms with E-state index in [1.807, 2.05) is 18.5 Å². The van der Waals surface area contributed by atoms with Crippen LogP contribution in [-0.2, 0) is 18.3 Å². The Morgan fingerprint density at radius 2 is 2.12 bits per heavy atom. The van der Waals surface area contributed by atoms with Gasteiger partial charge in [0.25, 0.3) is 0 Å².